The number of benzene rings is 3. The summed E-state index contributed by atoms with van der Waals surface area (Å²) in [4.78, 5) is 12.4. The van der Waals surface area contributed by atoms with Crippen molar-refractivity contribution in [2.24, 2.45) is 5.10 Å². The maximum Gasteiger partial charge on any atom is 0.307 e. The fourth-order valence-corrected chi connectivity index (χ4v) is 3.69. The number of methoxy groups -OCH3 is 1. The maximum atomic E-state index is 13.1. The SMILES string of the molecule is COc1cc(/C=N/NC(=O)c2cc3cc(Br)ccc3o2)cc(Cl)c1OCc1ccc(F)cc1. The van der Waals surface area contributed by atoms with Crippen molar-refractivity contribution in [1.82, 2.24) is 5.43 Å². The first-order valence-corrected chi connectivity index (χ1v) is 10.9. The lowest BCUT2D eigenvalue weighted by Crippen LogP contribution is -2.16. The van der Waals surface area contributed by atoms with Gasteiger partial charge in [-0.25, -0.2) is 9.82 Å². The van der Waals surface area contributed by atoms with Gasteiger partial charge in [-0.15, -0.1) is 0 Å². The quantitative estimate of drug-likeness (QED) is 0.223. The summed E-state index contributed by atoms with van der Waals surface area (Å²) in [6.45, 7) is 0.188. The molecule has 3 aromatic carbocycles. The molecule has 33 heavy (non-hydrogen) atoms. The molecule has 0 fully saturated rings. The lowest BCUT2D eigenvalue weighted by molar-refractivity contribution is 0.0929. The topological polar surface area (TPSA) is 73.1 Å². The summed E-state index contributed by atoms with van der Waals surface area (Å²) in [6, 6.07) is 16.3. The highest BCUT2D eigenvalue weighted by atomic mass is 79.9. The first-order valence-electron chi connectivity index (χ1n) is 9.70. The minimum atomic E-state index is -0.490. The first kappa shape index (κ1) is 22.8. The Kier molecular flexibility index (Phi) is 6.96. The molecule has 168 valence electrons. The van der Waals surface area contributed by atoms with Crippen LogP contribution in [0.5, 0.6) is 11.5 Å². The third kappa shape index (κ3) is 5.53. The lowest BCUT2D eigenvalue weighted by atomic mass is 10.2. The second-order valence-corrected chi connectivity index (χ2v) is 8.26. The van der Waals surface area contributed by atoms with Gasteiger partial charge in [-0.3, -0.25) is 4.79 Å². The standard InChI is InChI=1S/C24H17BrClFN2O4/c1-31-21-9-15(8-19(26)23(21)32-13-14-2-5-18(27)6-3-14)12-28-29-24(30)22-11-16-10-17(25)4-7-20(16)33-22/h2-12H,13H2,1H3,(H,29,30)/b28-12+. The predicted molar refractivity (Wildman–Crippen MR) is 128 cm³/mol. The summed E-state index contributed by atoms with van der Waals surface area (Å²) in [5.41, 5.74) is 4.38. The second kappa shape index (κ2) is 10.1. The van der Waals surface area contributed by atoms with E-state index in [9.17, 15) is 9.18 Å². The minimum Gasteiger partial charge on any atom is -0.493 e. The Morgan fingerprint density at radius 2 is 1.97 bits per heavy atom. The third-order valence-corrected chi connectivity index (χ3v) is 5.40. The molecule has 0 spiro atoms. The molecule has 9 heteroatoms. The van der Waals surface area contributed by atoms with Crippen LogP contribution in [0.2, 0.25) is 5.02 Å². The van der Waals surface area contributed by atoms with Gasteiger partial charge in [0.05, 0.1) is 18.3 Å². The Bertz CT molecular complexity index is 1340. The average Bonchev–Trinajstić information content (AvgIpc) is 3.22. The van der Waals surface area contributed by atoms with Crippen LogP contribution >= 0.6 is 27.5 Å². The molecule has 0 saturated heterocycles. The van der Waals surface area contributed by atoms with Gasteiger partial charge < -0.3 is 13.9 Å². The number of hydrogen-bond acceptors (Lipinski definition) is 5. The van der Waals surface area contributed by atoms with E-state index in [1.807, 2.05) is 12.1 Å². The molecule has 0 atom stereocenters. The molecule has 1 amide bonds. The van der Waals surface area contributed by atoms with Crippen LogP contribution in [0.15, 0.2) is 74.7 Å². The average molecular weight is 532 g/mol. The van der Waals surface area contributed by atoms with Gasteiger partial charge in [0, 0.05) is 9.86 Å². The molecule has 0 saturated carbocycles. The van der Waals surface area contributed by atoms with Crippen LogP contribution in [0.25, 0.3) is 11.0 Å². The van der Waals surface area contributed by atoms with Crippen molar-refractivity contribution < 1.29 is 23.1 Å². The molecule has 0 bridgehead atoms. The van der Waals surface area contributed by atoms with Gasteiger partial charge in [0.1, 0.15) is 18.0 Å². The van der Waals surface area contributed by atoms with E-state index in [0.29, 0.717) is 27.7 Å². The van der Waals surface area contributed by atoms with E-state index in [4.69, 9.17) is 25.5 Å². The van der Waals surface area contributed by atoms with E-state index in [1.54, 1.807) is 36.4 Å². The van der Waals surface area contributed by atoms with E-state index in [1.165, 1.54) is 25.5 Å². The van der Waals surface area contributed by atoms with E-state index >= 15 is 0 Å². The number of amides is 1. The van der Waals surface area contributed by atoms with Crippen molar-refractivity contribution >= 4 is 50.6 Å². The predicted octanol–water partition coefficient (Wildman–Crippen LogP) is 6.34. The second-order valence-electron chi connectivity index (χ2n) is 6.94. The Labute approximate surface area is 202 Å². The van der Waals surface area contributed by atoms with Crippen LogP contribution in [0.3, 0.4) is 0 Å². The Morgan fingerprint density at radius 1 is 1.18 bits per heavy atom. The molecule has 6 nitrogen and oxygen atoms in total. The monoisotopic (exact) mass is 530 g/mol. The third-order valence-electron chi connectivity index (χ3n) is 4.63. The van der Waals surface area contributed by atoms with Crippen molar-refractivity contribution in [3.05, 3.63) is 92.9 Å². The molecule has 0 radical (unpaired) electrons. The molecular formula is C24H17BrClFN2O4. The largest absolute Gasteiger partial charge is 0.493 e. The highest BCUT2D eigenvalue weighted by Gasteiger charge is 2.14. The number of nitrogens with one attached hydrogen (secondary N) is 1. The van der Waals surface area contributed by atoms with Crippen molar-refractivity contribution in [3.8, 4) is 11.5 Å². The molecule has 0 aliphatic rings. The Morgan fingerprint density at radius 3 is 2.73 bits per heavy atom. The molecule has 0 aliphatic heterocycles. The van der Waals surface area contributed by atoms with Crippen LogP contribution in [-0.4, -0.2) is 19.2 Å². The van der Waals surface area contributed by atoms with Gasteiger partial charge in [0.15, 0.2) is 17.3 Å². The summed E-state index contributed by atoms with van der Waals surface area (Å²) in [6.07, 6.45) is 1.43. The van der Waals surface area contributed by atoms with Crippen molar-refractivity contribution in [2.45, 2.75) is 6.61 Å². The van der Waals surface area contributed by atoms with E-state index < -0.39 is 5.91 Å². The highest BCUT2D eigenvalue weighted by Crippen LogP contribution is 2.36. The molecule has 4 aromatic rings. The normalized spacial score (nSPS) is 11.2. The zero-order valence-electron chi connectivity index (χ0n) is 17.3. The van der Waals surface area contributed by atoms with Crippen molar-refractivity contribution in [3.63, 3.8) is 0 Å². The number of ether oxygens (including phenoxy) is 2. The van der Waals surface area contributed by atoms with Gasteiger partial charge in [-0.1, -0.05) is 39.7 Å². The molecule has 0 unspecified atom stereocenters. The van der Waals surface area contributed by atoms with Crippen molar-refractivity contribution in [1.29, 1.82) is 0 Å². The molecule has 1 aromatic heterocycles. The number of fused-ring (bicyclic) bond motifs is 1. The van der Waals surface area contributed by atoms with Crippen LogP contribution in [0.1, 0.15) is 21.7 Å². The Balaban J connectivity index is 1.44. The van der Waals surface area contributed by atoms with Gasteiger partial charge in [0.2, 0.25) is 0 Å². The minimum absolute atomic E-state index is 0.139. The Hall–Kier alpha value is -3.36. The molecule has 4 rings (SSSR count). The van der Waals surface area contributed by atoms with Gasteiger partial charge in [-0.2, -0.15) is 5.10 Å². The van der Waals surface area contributed by atoms with E-state index in [-0.39, 0.29) is 18.2 Å². The number of carbonyl (C=O) groups is 1. The lowest BCUT2D eigenvalue weighted by Gasteiger charge is -2.13. The summed E-state index contributed by atoms with van der Waals surface area (Å²) in [7, 11) is 1.49. The molecular weight excluding hydrogens is 515 g/mol. The number of hydrazone groups is 1. The van der Waals surface area contributed by atoms with Crippen LogP contribution in [0, 0.1) is 5.82 Å². The molecule has 1 N–H and O–H groups in total. The van der Waals surface area contributed by atoms with E-state index in [2.05, 4.69) is 26.5 Å². The van der Waals surface area contributed by atoms with Crippen LogP contribution < -0.4 is 14.9 Å². The number of carbonyl (C=O) groups excluding carboxylic acids is 1. The summed E-state index contributed by atoms with van der Waals surface area (Å²) >= 11 is 9.75. The first-order chi connectivity index (χ1) is 15.9. The summed E-state index contributed by atoms with van der Waals surface area (Å²) < 4.78 is 30.6. The summed E-state index contributed by atoms with van der Waals surface area (Å²) in [5, 5.41) is 5.07. The molecule has 1 heterocycles. The van der Waals surface area contributed by atoms with Gasteiger partial charge in [0.25, 0.3) is 0 Å². The number of rotatable bonds is 7. The van der Waals surface area contributed by atoms with E-state index in [0.717, 1.165) is 15.4 Å². The molecule has 0 aliphatic carbocycles. The number of furan rings is 1. The number of nitrogens with zero attached hydrogens (tertiary/aromatic N) is 1. The summed E-state index contributed by atoms with van der Waals surface area (Å²) in [5.74, 6) is 0.0631. The fraction of sp³-hybridized carbons (Fsp3) is 0.0833. The zero-order chi connectivity index (χ0) is 23.4. The highest BCUT2D eigenvalue weighted by molar-refractivity contribution is 9.10. The maximum absolute atomic E-state index is 13.1. The van der Waals surface area contributed by atoms with Crippen LogP contribution in [0.4, 0.5) is 4.39 Å². The van der Waals surface area contributed by atoms with Crippen molar-refractivity contribution in [2.75, 3.05) is 7.11 Å². The number of hydrogen-bond donors (Lipinski definition) is 1. The fourth-order valence-electron chi connectivity index (χ4n) is 3.04. The van der Waals surface area contributed by atoms with Gasteiger partial charge >= 0.3 is 5.91 Å². The van der Waals surface area contributed by atoms with Crippen LogP contribution in [-0.2, 0) is 6.61 Å². The number of halogens is 3. The van der Waals surface area contributed by atoms with Gasteiger partial charge in [-0.05, 0) is 59.7 Å². The smallest absolute Gasteiger partial charge is 0.307 e. The zero-order valence-corrected chi connectivity index (χ0v) is 19.6.